The highest BCUT2D eigenvalue weighted by atomic mass is 16.5. The van der Waals surface area contributed by atoms with Crippen LogP contribution in [0.4, 0.5) is 0 Å². The second kappa shape index (κ2) is 7.75. The van der Waals surface area contributed by atoms with Crippen LogP contribution in [0.2, 0.25) is 0 Å². The van der Waals surface area contributed by atoms with E-state index in [-0.39, 0.29) is 12.0 Å². The average Bonchev–Trinajstić information content (AvgIpc) is 3.42. The molecule has 0 N–H and O–H groups in total. The number of pyridine rings is 1. The Balaban J connectivity index is 1.21. The summed E-state index contributed by atoms with van der Waals surface area (Å²) in [5.74, 6) is 1.93. The molecule has 160 valence electrons. The quantitative estimate of drug-likeness (QED) is 0.484. The number of ether oxygens (including phenoxy) is 1. The van der Waals surface area contributed by atoms with Crippen LogP contribution in [0.5, 0.6) is 5.88 Å². The monoisotopic (exact) mass is 425 g/mol. The molecule has 2 aliphatic rings. The average molecular weight is 425 g/mol. The Labute approximate surface area is 185 Å². The number of carbonyl (C=O) groups excluding carboxylic acids is 1. The van der Waals surface area contributed by atoms with Crippen LogP contribution in [-0.2, 0) is 0 Å². The summed E-state index contributed by atoms with van der Waals surface area (Å²) in [6.45, 7) is 1.24. The van der Waals surface area contributed by atoms with Gasteiger partial charge in [0.25, 0.3) is 5.91 Å². The van der Waals surface area contributed by atoms with Gasteiger partial charge in [0.2, 0.25) is 11.7 Å². The van der Waals surface area contributed by atoms with Crippen molar-refractivity contribution in [3.8, 4) is 17.0 Å². The summed E-state index contributed by atoms with van der Waals surface area (Å²) in [6, 6.07) is 13.4. The standard InChI is InChI=1S/C25H23N5O2/c31-24(29-11-9-21(16-29)32-23-6-1-2-10-26-23)19-5-3-4-18(12-19)20-13-27-25-28-14-22(17-7-8-17)30(25)15-20/h1-6,10,12-15,17,21H,7-9,11,16H2/t21-/m0/s1. The Bertz CT molecular complexity index is 1280. The summed E-state index contributed by atoms with van der Waals surface area (Å²) in [6.07, 6.45) is 10.7. The fraction of sp³-hybridized carbons (Fsp3) is 0.280. The molecule has 1 aromatic carbocycles. The molecule has 3 aromatic heterocycles. The molecule has 1 atom stereocenters. The number of carbonyl (C=O) groups is 1. The number of fused-ring (bicyclic) bond motifs is 1. The van der Waals surface area contributed by atoms with Gasteiger partial charge in [0.15, 0.2) is 0 Å². The number of likely N-dealkylation sites (tertiary alicyclic amines) is 1. The van der Waals surface area contributed by atoms with Gasteiger partial charge in [-0.3, -0.25) is 9.20 Å². The zero-order chi connectivity index (χ0) is 21.5. The largest absolute Gasteiger partial charge is 0.472 e. The predicted molar refractivity (Wildman–Crippen MR) is 120 cm³/mol. The molecular formula is C25H23N5O2. The van der Waals surface area contributed by atoms with Gasteiger partial charge in [-0.05, 0) is 36.6 Å². The minimum atomic E-state index is -0.0364. The third-order valence-corrected chi connectivity index (χ3v) is 6.19. The Morgan fingerprint density at radius 1 is 0.969 bits per heavy atom. The molecular weight excluding hydrogens is 402 g/mol. The van der Waals surface area contributed by atoms with Crippen LogP contribution in [0.1, 0.15) is 41.2 Å². The first-order valence-electron chi connectivity index (χ1n) is 11.0. The number of nitrogens with zero attached hydrogens (tertiary/aromatic N) is 5. The van der Waals surface area contributed by atoms with E-state index in [0.29, 0.717) is 30.5 Å². The third-order valence-electron chi connectivity index (χ3n) is 6.19. The molecule has 0 spiro atoms. The van der Waals surface area contributed by atoms with E-state index in [1.807, 2.05) is 59.8 Å². The van der Waals surface area contributed by atoms with E-state index >= 15 is 0 Å². The number of aromatic nitrogens is 4. The van der Waals surface area contributed by atoms with Crippen LogP contribution in [-0.4, -0.2) is 49.4 Å². The molecule has 6 rings (SSSR count). The summed E-state index contributed by atoms with van der Waals surface area (Å²) >= 11 is 0. The maximum absolute atomic E-state index is 13.2. The maximum Gasteiger partial charge on any atom is 0.254 e. The SMILES string of the molecule is O=C(c1cccc(-c2cnc3ncc(C4CC4)n3c2)c1)N1CC[C@H](Oc2ccccn2)C1. The first-order chi connectivity index (χ1) is 15.7. The minimum Gasteiger partial charge on any atom is -0.472 e. The highest BCUT2D eigenvalue weighted by molar-refractivity contribution is 5.95. The van der Waals surface area contributed by atoms with Gasteiger partial charge < -0.3 is 9.64 Å². The molecule has 7 nitrogen and oxygen atoms in total. The van der Waals surface area contributed by atoms with Gasteiger partial charge in [-0.1, -0.05) is 18.2 Å². The molecule has 0 bridgehead atoms. The Kier molecular flexibility index (Phi) is 4.60. The Morgan fingerprint density at radius 2 is 1.88 bits per heavy atom. The van der Waals surface area contributed by atoms with Gasteiger partial charge in [0.05, 0.1) is 12.7 Å². The zero-order valence-electron chi connectivity index (χ0n) is 17.6. The number of hydrogen-bond donors (Lipinski definition) is 0. The van der Waals surface area contributed by atoms with Crippen LogP contribution in [0.15, 0.2) is 67.3 Å². The smallest absolute Gasteiger partial charge is 0.254 e. The normalized spacial score (nSPS) is 18.2. The van der Waals surface area contributed by atoms with E-state index in [1.54, 1.807) is 6.20 Å². The molecule has 2 fully saturated rings. The minimum absolute atomic E-state index is 0.0225. The van der Waals surface area contributed by atoms with Gasteiger partial charge >= 0.3 is 0 Å². The van der Waals surface area contributed by atoms with E-state index in [1.165, 1.54) is 18.5 Å². The van der Waals surface area contributed by atoms with E-state index < -0.39 is 0 Å². The molecule has 1 saturated carbocycles. The van der Waals surface area contributed by atoms with E-state index in [2.05, 4.69) is 25.5 Å². The second-order valence-corrected chi connectivity index (χ2v) is 8.50. The van der Waals surface area contributed by atoms with Gasteiger partial charge in [-0.15, -0.1) is 0 Å². The molecule has 1 saturated heterocycles. The van der Waals surface area contributed by atoms with Crippen LogP contribution in [0, 0.1) is 0 Å². The fourth-order valence-electron chi connectivity index (χ4n) is 4.33. The molecule has 1 aliphatic heterocycles. The summed E-state index contributed by atoms with van der Waals surface area (Å²) < 4.78 is 8.02. The lowest BCUT2D eigenvalue weighted by Crippen LogP contribution is -2.31. The molecule has 7 heteroatoms. The number of benzene rings is 1. The highest BCUT2D eigenvalue weighted by Crippen LogP contribution is 2.40. The van der Waals surface area contributed by atoms with Crippen molar-refractivity contribution in [2.24, 2.45) is 0 Å². The van der Waals surface area contributed by atoms with Gasteiger partial charge in [-0.2, -0.15) is 0 Å². The maximum atomic E-state index is 13.2. The third kappa shape index (κ3) is 3.60. The lowest BCUT2D eigenvalue weighted by atomic mass is 10.1. The molecule has 0 unspecified atom stereocenters. The van der Waals surface area contributed by atoms with Crippen LogP contribution < -0.4 is 4.74 Å². The van der Waals surface area contributed by atoms with Crippen LogP contribution >= 0.6 is 0 Å². The van der Waals surface area contributed by atoms with Crippen molar-refractivity contribution in [2.75, 3.05) is 13.1 Å². The van der Waals surface area contributed by atoms with Crippen molar-refractivity contribution in [3.63, 3.8) is 0 Å². The van der Waals surface area contributed by atoms with E-state index in [0.717, 1.165) is 23.3 Å². The molecule has 4 heterocycles. The first kappa shape index (κ1) is 19.0. The van der Waals surface area contributed by atoms with Crippen molar-refractivity contribution in [1.29, 1.82) is 0 Å². The Hall–Kier alpha value is -3.74. The van der Waals surface area contributed by atoms with Gasteiger partial charge in [-0.25, -0.2) is 15.0 Å². The topological polar surface area (TPSA) is 72.6 Å². The highest BCUT2D eigenvalue weighted by Gasteiger charge is 2.29. The van der Waals surface area contributed by atoms with Crippen LogP contribution in [0.25, 0.3) is 16.9 Å². The second-order valence-electron chi connectivity index (χ2n) is 8.50. The van der Waals surface area contributed by atoms with Crippen molar-refractivity contribution in [3.05, 3.63) is 78.5 Å². The van der Waals surface area contributed by atoms with Crippen molar-refractivity contribution < 1.29 is 9.53 Å². The summed E-state index contributed by atoms with van der Waals surface area (Å²) in [5, 5.41) is 0. The lowest BCUT2D eigenvalue weighted by Gasteiger charge is -2.17. The molecule has 0 radical (unpaired) electrons. The number of amides is 1. The fourth-order valence-corrected chi connectivity index (χ4v) is 4.33. The van der Waals surface area contributed by atoms with Crippen molar-refractivity contribution in [2.45, 2.75) is 31.3 Å². The predicted octanol–water partition coefficient (Wildman–Crippen LogP) is 3.96. The number of imidazole rings is 1. The molecule has 32 heavy (non-hydrogen) atoms. The Morgan fingerprint density at radius 3 is 2.72 bits per heavy atom. The van der Waals surface area contributed by atoms with E-state index in [9.17, 15) is 4.79 Å². The summed E-state index contributed by atoms with van der Waals surface area (Å²) in [4.78, 5) is 28.2. The molecule has 1 amide bonds. The van der Waals surface area contributed by atoms with Crippen LogP contribution in [0.3, 0.4) is 0 Å². The summed E-state index contributed by atoms with van der Waals surface area (Å²) in [5.41, 5.74) is 3.85. The van der Waals surface area contributed by atoms with Crippen molar-refractivity contribution >= 4 is 11.7 Å². The zero-order valence-corrected chi connectivity index (χ0v) is 17.6. The van der Waals surface area contributed by atoms with Gasteiger partial charge in [0.1, 0.15) is 6.10 Å². The number of hydrogen-bond acceptors (Lipinski definition) is 5. The molecule has 4 aromatic rings. The molecule has 1 aliphatic carbocycles. The van der Waals surface area contributed by atoms with Crippen molar-refractivity contribution in [1.82, 2.24) is 24.3 Å². The van der Waals surface area contributed by atoms with Gasteiger partial charge in [0, 0.05) is 60.4 Å². The lowest BCUT2D eigenvalue weighted by molar-refractivity contribution is 0.0771. The van der Waals surface area contributed by atoms with E-state index in [4.69, 9.17) is 4.74 Å². The summed E-state index contributed by atoms with van der Waals surface area (Å²) in [7, 11) is 0. The first-order valence-corrected chi connectivity index (χ1v) is 11.0. The number of rotatable bonds is 5.